The molecule has 0 fully saturated rings. The second-order valence-corrected chi connectivity index (χ2v) is 7.88. The summed E-state index contributed by atoms with van der Waals surface area (Å²) in [5.74, 6) is 0.0107. The van der Waals surface area contributed by atoms with Crippen molar-refractivity contribution in [2.45, 2.75) is 6.42 Å². The van der Waals surface area contributed by atoms with Crippen LogP contribution in [0, 0.1) is 0 Å². The van der Waals surface area contributed by atoms with E-state index in [1.807, 2.05) is 25.4 Å². The van der Waals surface area contributed by atoms with Gasteiger partial charge in [-0.05, 0) is 33.4 Å². The Morgan fingerprint density at radius 1 is 1.12 bits per heavy atom. The second kappa shape index (κ2) is 6.45. The molecule has 4 heterocycles. The van der Waals surface area contributed by atoms with Crippen LogP contribution in [-0.4, -0.2) is 30.5 Å². The molecular weight excluding hydrogens is 402 g/mol. The molecule has 4 aromatic heterocycles. The van der Waals surface area contributed by atoms with Crippen LogP contribution in [0.1, 0.15) is 15.4 Å². The smallest absolute Gasteiger partial charge is 0.180 e. The Hall–Kier alpha value is -2.45. The number of Topliss-reactive ketones (excluding diaryl/α,β-unsaturated/α-hetero) is 1. The highest BCUT2D eigenvalue weighted by molar-refractivity contribution is 9.11. The Morgan fingerprint density at radius 3 is 2.68 bits per heavy atom. The highest BCUT2D eigenvalue weighted by atomic mass is 79.9. The van der Waals surface area contributed by atoms with Crippen LogP contribution in [-0.2, 0) is 13.5 Å². The number of pyridine rings is 2. The Morgan fingerprint density at radius 2 is 1.96 bits per heavy atom. The fraction of sp³-hybridized carbons (Fsp3) is 0.118. The number of carbonyl (C=O) groups excluding carboxylic acids is 1. The van der Waals surface area contributed by atoms with Gasteiger partial charge in [0.25, 0.3) is 0 Å². The van der Waals surface area contributed by atoms with E-state index in [4.69, 9.17) is 0 Å². The lowest BCUT2D eigenvalue weighted by Crippen LogP contribution is -2.03. The minimum atomic E-state index is 0.0107. The van der Waals surface area contributed by atoms with E-state index in [1.165, 1.54) is 11.3 Å². The number of carbonyl (C=O) groups is 1. The average molecular weight is 414 g/mol. The fourth-order valence-electron chi connectivity index (χ4n) is 2.52. The monoisotopic (exact) mass is 413 g/mol. The minimum absolute atomic E-state index is 0.0107. The maximum Gasteiger partial charge on any atom is 0.180 e. The molecule has 0 atom stereocenters. The maximum atomic E-state index is 12.3. The van der Waals surface area contributed by atoms with Crippen molar-refractivity contribution < 1.29 is 4.79 Å². The number of hydrogen-bond acceptors (Lipinski definition) is 6. The quantitative estimate of drug-likeness (QED) is 0.477. The Kier molecular flexibility index (Phi) is 4.14. The van der Waals surface area contributed by atoms with Crippen molar-refractivity contribution >= 4 is 43.8 Å². The molecule has 0 bridgehead atoms. The van der Waals surface area contributed by atoms with Gasteiger partial charge in [0.1, 0.15) is 0 Å². The van der Waals surface area contributed by atoms with Crippen molar-refractivity contribution in [3.05, 3.63) is 57.6 Å². The number of aryl methyl sites for hydroxylation is 1. The number of rotatable bonds is 4. The molecule has 0 saturated carbocycles. The number of fused-ring (bicyclic) bond motifs is 1. The Bertz CT molecular complexity index is 1090. The lowest BCUT2D eigenvalue weighted by molar-refractivity contribution is 0.0995. The average Bonchev–Trinajstić information content (AvgIpc) is 3.23. The van der Waals surface area contributed by atoms with E-state index in [1.54, 1.807) is 29.5 Å². The summed E-state index contributed by atoms with van der Waals surface area (Å²) in [5, 5.41) is 6.11. The molecule has 4 aromatic rings. The summed E-state index contributed by atoms with van der Waals surface area (Å²) >= 11 is 4.61. The zero-order valence-electron chi connectivity index (χ0n) is 13.2. The van der Waals surface area contributed by atoms with E-state index >= 15 is 0 Å². The molecule has 0 amide bonds. The molecule has 0 spiro atoms. The first kappa shape index (κ1) is 16.0. The molecule has 0 aliphatic rings. The van der Waals surface area contributed by atoms with Crippen LogP contribution < -0.4 is 0 Å². The standard InChI is InChI=1S/C17H12BrN5OS/c1-23-9-12(7-22-23)14-3-10-2-13(19-5-11(10)6-20-14)4-15(24)16-8-21-17(18)25-16/h2-3,5-9H,4H2,1H3. The van der Waals surface area contributed by atoms with Crippen LogP contribution in [0.3, 0.4) is 0 Å². The van der Waals surface area contributed by atoms with E-state index in [2.05, 4.69) is 36.0 Å². The van der Waals surface area contributed by atoms with Gasteiger partial charge in [0.2, 0.25) is 0 Å². The summed E-state index contributed by atoms with van der Waals surface area (Å²) in [7, 11) is 1.87. The van der Waals surface area contributed by atoms with Gasteiger partial charge in [0.05, 0.1) is 29.4 Å². The number of thiazole rings is 1. The molecule has 4 rings (SSSR count). The largest absolute Gasteiger partial charge is 0.293 e. The Labute approximate surface area is 155 Å². The van der Waals surface area contributed by atoms with Crippen LogP contribution in [0.2, 0.25) is 0 Å². The molecule has 0 unspecified atom stereocenters. The van der Waals surface area contributed by atoms with Gasteiger partial charge >= 0.3 is 0 Å². The van der Waals surface area contributed by atoms with Crippen molar-refractivity contribution in [3.8, 4) is 11.3 Å². The number of halogens is 1. The van der Waals surface area contributed by atoms with Crippen molar-refractivity contribution in [1.82, 2.24) is 24.7 Å². The van der Waals surface area contributed by atoms with Gasteiger partial charge in [-0.3, -0.25) is 19.4 Å². The fourth-order valence-corrected chi connectivity index (χ4v) is 3.73. The molecule has 6 nitrogen and oxygen atoms in total. The molecule has 0 saturated heterocycles. The van der Waals surface area contributed by atoms with Gasteiger partial charge in [-0.15, -0.1) is 11.3 Å². The van der Waals surface area contributed by atoms with Crippen LogP contribution >= 0.6 is 27.3 Å². The molecular formula is C17H12BrN5OS. The molecule has 124 valence electrons. The topological polar surface area (TPSA) is 73.6 Å². The van der Waals surface area contributed by atoms with Crippen LogP contribution in [0.5, 0.6) is 0 Å². The SMILES string of the molecule is Cn1cc(-c2cc3cc(CC(=O)c4cnc(Br)s4)ncc3cn2)cn1. The van der Waals surface area contributed by atoms with Crippen molar-refractivity contribution in [2.24, 2.45) is 7.05 Å². The molecule has 25 heavy (non-hydrogen) atoms. The summed E-state index contributed by atoms with van der Waals surface area (Å²) in [4.78, 5) is 25.9. The zero-order chi connectivity index (χ0) is 17.4. The molecule has 0 aliphatic heterocycles. The predicted molar refractivity (Wildman–Crippen MR) is 99.6 cm³/mol. The third-order valence-electron chi connectivity index (χ3n) is 3.75. The highest BCUT2D eigenvalue weighted by Gasteiger charge is 2.12. The van der Waals surface area contributed by atoms with Gasteiger partial charge in [0.15, 0.2) is 9.70 Å². The molecule has 0 aliphatic carbocycles. The number of nitrogens with zero attached hydrogens (tertiary/aromatic N) is 5. The Balaban J connectivity index is 1.65. The van der Waals surface area contributed by atoms with E-state index in [-0.39, 0.29) is 12.2 Å². The molecule has 0 N–H and O–H groups in total. The molecule has 0 aromatic carbocycles. The number of ketones is 1. The van der Waals surface area contributed by atoms with Crippen molar-refractivity contribution in [2.75, 3.05) is 0 Å². The van der Waals surface area contributed by atoms with Crippen LogP contribution in [0.25, 0.3) is 22.0 Å². The lowest BCUT2D eigenvalue weighted by Gasteiger charge is -2.04. The third kappa shape index (κ3) is 3.35. The van der Waals surface area contributed by atoms with E-state index < -0.39 is 0 Å². The van der Waals surface area contributed by atoms with Gasteiger partial charge in [0, 0.05) is 42.3 Å². The highest BCUT2D eigenvalue weighted by Crippen LogP contribution is 2.23. The first-order chi connectivity index (χ1) is 12.1. The van der Waals surface area contributed by atoms with Crippen LogP contribution in [0.15, 0.2) is 47.0 Å². The summed E-state index contributed by atoms with van der Waals surface area (Å²) in [6, 6.07) is 3.93. The van der Waals surface area contributed by atoms with Crippen molar-refractivity contribution in [1.29, 1.82) is 0 Å². The van der Waals surface area contributed by atoms with Gasteiger partial charge in [-0.25, -0.2) is 4.98 Å². The summed E-state index contributed by atoms with van der Waals surface area (Å²) in [6.07, 6.45) is 9.07. The lowest BCUT2D eigenvalue weighted by atomic mass is 10.1. The van der Waals surface area contributed by atoms with E-state index in [9.17, 15) is 4.79 Å². The van der Waals surface area contributed by atoms with Crippen LogP contribution in [0.4, 0.5) is 0 Å². The first-order valence-electron chi connectivity index (χ1n) is 7.47. The number of aromatic nitrogens is 5. The summed E-state index contributed by atoms with van der Waals surface area (Å²) < 4.78 is 2.44. The van der Waals surface area contributed by atoms with Gasteiger partial charge in [-0.2, -0.15) is 5.10 Å². The maximum absolute atomic E-state index is 12.3. The normalized spacial score (nSPS) is 11.1. The second-order valence-electron chi connectivity index (χ2n) is 5.57. The predicted octanol–water partition coefficient (Wildman–Crippen LogP) is 3.67. The van der Waals surface area contributed by atoms with E-state index in [0.717, 1.165) is 27.7 Å². The minimum Gasteiger partial charge on any atom is -0.293 e. The molecule has 0 radical (unpaired) electrons. The molecule has 8 heteroatoms. The number of hydrogen-bond donors (Lipinski definition) is 0. The third-order valence-corrected chi connectivity index (χ3v) is 5.27. The summed E-state index contributed by atoms with van der Waals surface area (Å²) in [6.45, 7) is 0. The van der Waals surface area contributed by atoms with Gasteiger partial charge in [-0.1, -0.05) is 0 Å². The van der Waals surface area contributed by atoms with Gasteiger partial charge < -0.3 is 0 Å². The summed E-state index contributed by atoms with van der Waals surface area (Å²) in [5.41, 5.74) is 2.52. The first-order valence-corrected chi connectivity index (χ1v) is 9.08. The van der Waals surface area contributed by atoms with E-state index in [0.29, 0.717) is 8.79 Å². The zero-order valence-corrected chi connectivity index (χ0v) is 15.6. The van der Waals surface area contributed by atoms with Crippen molar-refractivity contribution in [3.63, 3.8) is 0 Å².